The molecular weight excluding hydrogens is 128 g/mol. The van der Waals surface area contributed by atoms with E-state index in [1.165, 1.54) is 0 Å². The quantitative estimate of drug-likeness (QED) is 0.475. The highest BCUT2D eigenvalue weighted by Gasteiger charge is 2.11. The first-order chi connectivity index (χ1) is 5.33. The molecule has 1 rings (SSSR count). The van der Waals surface area contributed by atoms with Crippen LogP contribution in [0.4, 0.5) is 0 Å². The molecule has 1 aliphatic heterocycles. The molecule has 4 nitrogen and oxygen atoms in total. The van der Waals surface area contributed by atoms with Gasteiger partial charge in [-0.3, -0.25) is 4.99 Å². The molecule has 0 spiro atoms. The van der Waals surface area contributed by atoms with Gasteiger partial charge in [-0.1, -0.05) is 0 Å². The fourth-order valence-electron chi connectivity index (χ4n) is 1.06. The minimum atomic E-state index is 0.394. The van der Waals surface area contributed by atoms with Crippen LogP contribution >= 0.6 is 0 Å². The summed E-state index contributed by atoms with van der Waals surface area (Å²) in [6, 6.07) is 0.394. The molecule has 5 N–H and O–H groups in total. The van der Waals surface area contributed by atoms with E-state index < -0.39 is 0 Å². The van der Waals surface area contributed by atoms with Crippen LogP contribution < -0.4 is 16.8 Å². The van der Waals surface area contributed by atoms with Gasteiger partial charge in [0.1, 0.15) is 1.41 Å². The molecule has 1 heterocycles. The van der Waals surface area contributed by atoms with Crippen molar-refractivity contribution in [2.45, 2.75) is 18.9 Å². The van der Waals surface area contributed by atoms with Crippen LogP contribution in [-0.2, 0) is 0 Å². The summed E-state index contributed by atoms with van der Waals surface area (Å²) in [6.45, 7) is 1.51. The van der Waals surface area contributed by atoms with Crippen LogP contribution in [0.3, 0.4) is 0 Å². The summed E-state index contributed by atoms with van der Waals surface area (Å²) in [5.41, 5.74) is 7.83. The zero-order valence-electron chi connectivity index (χ0n) is 6.93. The van der Waals surface area contributed by atoms with Crippen molar-refractivity contribution in [1.82, 2.24) is 5.32 Å². The Hall–Kier alpha value is -0.770. The molecule has 0 aromatic rings. The third-order valence-electron chi connectivity index (χ3n) is 1.60. The van der Waals surface area contributed by atoms with Gasteiger partial charge >= 0.3 is 0 Å². The molecular formula is C6H14N4. The summed E-state index contributed by atoms with van der Waals surface area (Å²) in [5, 5.41) is 3.06. The maximum absolute atomic E-state index is 6.73. The summed E-state index contributed by atoms with van der Waals surface area (Å²) in [5.74, 6) is 0.534. The Labute approximate surface area is 62.1 Å². The zero-order chi connectivity index (χ0) is 8.10. The first-order valence-corrected chi connectivity index (χ1v) is 3.54. The van der Waals surface area contributed by atoms with Crippen molar-refractivity contribution in [2.24, 2.45) is 16.5 Å². The molecule has 0 radical (unpaired) electrons. The van der Waals surface area contributed by atoms with Gasteiger partial charge < -0.3 is 16.8 Å². The first kappa shape index (κ1) is 5.97. The number of nitrogens with one attached hydrogen (secondary N) is 1. The standard InChI is InChI=1S/C6H14N4/c7-3-1-5-2-4-9-6(8)10-5/h5H,1-4,7H2,(H3,8,9,10)/i/hD. The van der Waals surface area contributed by atoms with E-state index in [-0.39, 0.29) is 0 Å². The largest absolute Gasteiger partial charge is 0.370 e. The van der Waals surface area contributed by atoms with Crippen molar-refractivity contribution >= 4 is 5.96 Å². The second kappa shape index (κ2) is 3.41. The van der Waals surface area contributed by atoms with E-state index in [0.29, 0.717) is 18.5 Å². The molecule has 0 amide bonds. The second-order valence-corrected chi connectivity index (χ2v) is 2.44. The Morgan fingerprint density at radius 2 is 2.80 bits per heavy atom. The van der Waals surface area contributed by atoms with Gasteiger partial charge in [-0.15, -0.1) is 0 Å². The number of hydrogen-bond donors (Lipinski definition) is 3. The number of hydrogen-bond acceptors (Lipinski definition) is 4. The maximum Gasteiger partial charge on any atom is 0.188 e. The number of rotatable bonds is 3. The van der Waals surface area contributed by atoms with Crippen molar-refractivity contribution in [3.8, 4) is 0 Å². The number of aliphatic imine (C=N–C) groups is 1. The first-order valence-electron chi connectivity index (χ1n) is 4.04. The Morgan fingerprint density at radius 1 is 1.90 bits per heavy atom. The fraction of sp³-hybridized carbons (Fsp3) is 0.833. The Kier molecular flexibility index (Phi) is 2.04. The van der Waals surface area contributed by atoms with Crippen molar-refractivity contribution in [1.29, 1.82) is 0 Å². The van der Waals surface area contributed by atoms with E-state index in [2.05, 4.69) is 16.0 Å². The summed E-state index contributed by atoms with van der Waals surface area (Å²) in [7, 11) is 0. The van der Waals surface area contributed by atoms with E-state index >= 15 is 0 Å². The zero-order valence-corrected chi connectivity index (χ0v) is 5.93. The van der Waals surface area contributed by atoms with Gasteiger partial charge in [0, 0.05) is 12.6 Å². The molecule has 0 fully saturated rings. The lowest BCUT2D eigenvalue weighted by atomic mass is 10.1. The molecule has 10 heavy (non-hydrogen) atoms. The van der Waals surface area contributed by atoms with Crippen molar-refractivity contribution in [3.63, 3.8) is 0 Å². The molecule has 1 aliphatic rings. The minimum absolute atomic E-state index is 0.394. The van der Waals surface area contributed by atoms with Crippen LogP contribution in [0, 0.1) is 0 Å². The van der Waals surface area contributed by atoms with E-state index in [9.17, 15) is 0 Å². The molecule has 1 atom stereocenters. The molecule has 0 saturated heterocycles. The van der Waals surface area contributed by atoms with E-state index in [1.807, 2.05) is 0 Å². The lowest BCUT2D eigenvalue weighted by Gasteiger charge is -2.21. The number of nitrogens with two attached hydrogens (primary N) is 2. The lowest BCUT2D eigenvalue weighted by Crippen LogP contribution is -2.44. The Bertz CT molecular complexity index is 148. The normalized spacial score (nSPS) is 26.6. The average Bonchev–Trinajstić information content (AvgIpc) is 2.01. The second-order valence-electron chi connectivity index (χ2n) is 2.44. The number of guanidine groups is 1. The molecule has 0 aromatic carbocycles. The fourth-order valence-corrected chi connectivity index (χ4v) is 1.06. The van der Waals surface area contributed by atoms with Crippen LogP contribution in [0.5, 0.6) is 0 Å². The van der Waals surface area contributed by atoms with Gasteiger partial charge in [-0.2, -0.15) is 0 Å². The predicted octanol–water partition coefficient (Wildman–Crippen LogP) is -0.988. The van der Waals surface area contributed by atoms with Gasteiger partial charge in [0.15, 0.2) is 5.96 Å². The minimum Gasteiger partial charge on any atom is -0.370 e. The van der Waals surface area contributed by atoms with Crippen LogP contribution in [0.1, 0.15) is 12.8 Å². The van der Waals surface area contributed by atoms with Gasteiger partial charge in [-0.25, -0.2) is 0 Å². The third kappa shape index (κ3) is 1.88. The lowest BCUT2D eigenvalue weighted by molar-refractivity contribution is 0.512. The monoisotopic (exact) mass is 143 g/mol. The third-order valence-corrected chi connectivity index (χ3v) is 1.60. The smallest absolute Gasteiger partial charge is 0.188 e. The van der Waals surface area contributed by atoms with Gasteiger partial charge in [0.05, 0.1) is 0 Å². The van der Waals surface area contributed by atoms with Gasteiger partial charge in [0.25, 0.3) is 0 Å². The molecule has 4 heteroatoms. The summed E-state index contributed by atoms with van der Waals surface area (Å²) in [6.07, 6.45) is 1.95. The Morgan fingerprint density at radius 3 is 3.50 bits per heavy atom. The average molecular weight is 143 g/mol. The van der Waals surface area contributed by atoms with Crippen molar-refractivity contribution in [2.75, 3.05) is 13.1 Å². The SMILES string of the molecule is [2H]NCCC1CCN=C(N)N1. The molecule has 0 aromatic heterocycles. The summed E-state index contributed by atoms with van der Waals surface area (Å²) in [4.78, 5) is 4.00. The maximum atomic E-state index is 6.73. The predicted molar refractivity (Wildman–Crippen MR) is 41.7 cm³/mol. The van der Waals surface area contributed by atoms with Gasteiger partial charge in [-0.05, 0) is 19.4 Å². The highest BCUT2D eigenvalue weighted by molar-refractivity contribution is 5.78. The number of nitrogens with zero attached hydrogens (tertiary/aromatic N) is 1. The van der Waals surface area contributed by atoms with Gasteiger partial charge in [0.2, 0.25) is 0 Å². The van der Waals surface area contributed by atoms with Crippen molar-refractivity contribution < 1.29 is 1.41 Å². The van der Waals surface area contributed by atoms with Crippen LogP contribution in [0.15, 0.2) is 4.99 Å². The van der Waals surface area contributed by atoms with Crippen LogP contribution in [0.25, 0.3) is 0 Å². The van der Waals surface area contributed by atoms with Crippen molar-refractivity contribution in [3.05, 3.63) is 0 Å². The molecule has 0 bridgehead atoms. The van der Waals surface area contributed by atoms with Crippen LogP contribution in [0.2, 0.25) is 1.41 Å². The molecule has 1 unspecified atom stereocenters. The molecule has 0 saturated carbocycles. The highest BCUT2D eigenvalue weighted by atomic mass is 15.1. The van der Waals surface area contributed by atoms with E-state index in [0.717, 1.165) is 19.4 Å². The molecule has 58 valence electrons. The summed E-state index contributed by atoms with van der Waals surface area (Å²) >= 11 is 0. The van der Waals surface area contributed by atoms with E-state index in [4.69, 9.17) is 7.15 Å². The molecule has 0 aliphatic carbocycles. The van der Waals surface area contributed by atoms with Crippen LogP contribution in [-0.4, -0.2) is 25.1 Å². The van der Waals surface area contributed by atoms with E-state index in [1.54, 1.807) is 0 Å². The topological polar surface area (TPSA) is 76.4 Å². The highest BCUT2D eigenvalue weighted by Crippen LogP contribution is 2.00. The Balaban J connectivity index is 2.21. The summed E-state index contributed by atoms with van der Waals surface area (Å²) < 4.78 is 6.73.